The minimum atomic E-state index is 0.327. The lowest BCUT2D eigenvalue weighted by Crippen LogP contribution is -2.27. The topological polar surface area (TPSA) is 32.3 Å². The molecule has 1 saturated carbocycles. The van der Waals surface area contributed by atoms with Crippen LogP contribution in [0.1, 0.15) is 42.7 Å². The first kappa shape index (κ1) is 12.1. The van der Waals surface area contributed by atoms with Gasteiger partial charge < -0.3 is 10.4 Å². The summed E-state index contributed by atoms with van der Waals surface area (Å²) >= 11 is 1.83. The first-order valence-corrected chi connectivity index (χ1v) is 6.93. The van der Waals surface area contributed by atoms with Gasteiger partial charge in [-0.1, -0.05) is 0 Å². The lowest BCUT2D eigenvalue weighted by Gasteiger charge is -2.19. The first-order chi connectivity index (χ1) is 7.67. The molecule has 1 atom stereocenters. The number of aliphatic hydroxyl groups excluding tert-OH is 1. The van der Waals surface area contributed by atoms with Crippen LogP contribution in [0.15, 0.2) is 11.4 Å². The summed E-state index contributed by atoms with van der Waals surface area (Å²) in [5, 5.41) is 14.8. The van der Waals surface area contributed by atoms with Crippen LogP contribution in [0.4, 0.5) is 0 Å². The lowest BCUT2D eigenvalue weighted by atomic mass is 10.0. The highest BCUT2D eigenvalue weighted by molar-refractivity contribution is 7.10. The van der Waals surface area contributed by atoms with E-state index < -0.39 is 0 Å². The Balaban J connectivity index is 1.84. The van der Waals surface area contributed by atoms with Gasteiger partial charge in [-0.05, 0) is 55.5 Å². The van der Waals surface area contributed by atoms with Gasteiger partial charge in [0.1, 0.15) is 0 Å². The summed E-state index contributed by atoms with van der Waals surface area (Å²) < 4.78 is 0. The van der Waals surface area contributed by atoms with Crippen molar-refractivity contribution in [3.05, 3.63) is 21.9 Å². The monoisotopic (exact) mass is 239 g/mol. The molecule has 0 saturated heterocycles. The van der Waals surface area contributed by atoms with Crippen LogP contribution in [-0.2, 0) is 0 Å². The van der Waals surface area contributed by atoms with Crippen molar-refractivity contribution in [2.24, 2.45) is 5.41 Å². The zero-order valence-corrected chi connectivity index (χ0v) is 10.9. The number of hydrogen-bond acceptors (Lipinski definition) is 3. The second-order valence-electron chi connectivity index (χ2n) is 5.04. The van der Waals surface area contributed by atoms with Crippen molar-refractivity contribution in [3.63, 3.8) is 0 Å². The summed E-state index contributed by atoms with van der Waals surface area (Å²) in [6.45, 7) is 5.78. The maximum Gasteiger partial charge on any atom is 0.0436 e. The summed E-state index contributed by atoms with van der Waals surface area (Å²) in [6.07, 6.45) is 3.50. The fraction of sp³-hybridized carbons (Fsp3) is 0.692. The molecule has 2 rings (SSSR count). The minimum Gasteiger partial charge on any atom is -0.396 e. The molecule has 0 radical (unpaired) electrons. The standard InChI is InChI=1S/C13H21NOS/c1-10-3-8-16-12(10)11(2)14-9-13(4-5-13)6-7-15/h3,8,11,14-15H,4-7,9H2,1-2H3. The summed E-state index contributed by atoms with van der Waals surface area (Å²) in [6, 6.07) is 2.62. The minimum absolute atomic E-state index is 0.327. The van der Waals surface area contributed by atoms with Crippen molar-refractivity contribution in [3.8, 4) is 0 Å². The SMILES string of the molecule is Cc1ccsc1C(C)NCC1(CCO)CC1. The van der Waals surface area contributed by atoms with E-state index in [0.717, 1.165) is 13.0 Å². The van der Waals surface area contributed by atoms with Gasteiger partial charge in [0.05, 0.1) is 0 Å². The van der Waals surface area contributed by atoms with E-state index in [1.807, 2.05) is 11.3 Å². The summed E-state index contributed by atoms with van der Waals surface area (Å²) in [4.78, 5) is 1.44. The van der Waals surface area contributed by atoms with Crippen LogP contribution < -0.4 is 5.32 Å². The highest BCUT2D eigenvalue weighted by Crippen LogP contribution is 2.48. The Labute approximate surface area is 102 Å². The van der Waals surface area contributed by atoms with Crippen molar-refractivity contribution in [1.82, 2.24) is 5.32 Å². The van der Waals surface area contributed by atoms with Gasteiger partial charge in [0.2, 0.25) is 0 Å². The molecule has 0 spiro atoms. The molecule has 90 valence electrons. The van der Waals surface area contributed by atoms with Crippen LogP contribution in [0.25, 0.3) is 0 Å². The Hall–Kier alpha value is -0.380. The molecule has 16 heavy (non-hydrogen) atoms. The van der Waals surface area contributed by atoms with Gasteiger partial charge in [-0.15, -0.1) is 11.3 Å². The van der Waals surface area contributed by atoms with E-state index >= 15 is 0 Å². The molecule has 1 aliphatic carbocycles. The van der Waals surface area contributed by atoms with Crippen LogP contribution in [0, 0.1) is 12.3 Å². The molecule has 1 unspecified atom stereocenters. The average Bonchev–Trinajstić information content (AvgIpc) is 2.89. The largest absolute Gasteiger partial charge is 0.396 e. The molecular formula is C13H21NOS. The highest BCUT2D eigenvalue weighted by atomic mass is 32.1. The van der Waals surface area contributed by atoms with E-state index in [2.05, 4.69) is 30.6 Å². The molecule has 1 aromatic rings. The van der Waals surface area contributed by atoms with Crippen LogP contribution in [-0.4, -0.2) is 18.3 Å². The second kappa shape index (κ2) is 4.86. The zero-order chi connectivity index (χ0) is 11.6. The van der Waals surface area contributed by atoms with Crippen molar-refractivity contribution in [1.29, 1.82) is 0 Å². The number of rotatable bonds is 6. The molecule has 1 aromatic heterocycles. The Morgan fingerprint density at radius 2 is 2.31 bits per heavy atom. The summed E-state index contributed by atoms with van der Waals surface area (Å²) in [7, 11) is 0. The molecule has 2 N–H and O–H groups in total. The predicted molar refractivity (Wildman–Crippen MR) is 68.8 cm³/mol. The van der Waals surface area contributed by atoms with Crippen molar-refractivity contribution >= 4 is 11.3 Å². The van der Waals surface area contributed by atoms with Crippen molar-refractivity contribution in [2.75, 3.05) is 13.2 Å². The van der Waals surface area contributed by atoms with E-state index in [1.54, 1.807) is 0 Å². The molecular weight excluding hydrogens is 218 g/mol. The Morgan fingerprint density at radius 1 is 1.56 bits per heavy atom. The predicted octanol–water partition coefficient (Wildman–Crippen LogP) is 2.87. The molecule has 1 heterocycles. The van der Waals surface area contributed by atoms with E-state index in [-0.39, 0.29) is 0 Å². The quantitative estimate of drug-likeness (QED) is 0.800. The Morgan fingerprint density at radius 3 is 2.81 bits per heavy atom. The molecule has 1 aliphatic rings. The summed E-state index contributed by atoms with van der Waals surface area (Å²) in [5.41, 5.74) is 1.80. The van der Waals surface area contributed by atoms with E-state index in [9.17, 15) is 0 Å². The fourth-order valence-electron chi connectivity index (χ4n) is 2.22. The van der Waals surface area contributed by atoms with Crippen LogP contribution in [0.3, 0.4) is 0 Å². The maximum absolute atomic E-state index is 9.01. The molecule has 2 nitrogen and oxygen atoms in total. The van der Waals surface area contributed by atoms with Crippen LogP contribution >= 0.6 is 11.3 Å². The van der Waals surface area contributed by atoms with Gasteiger partial charge in [0, 0.05) is 24.1 Å². The van der Waals surface area contributed by atoms with E-state index in [4.69, 9.17) is 5.11 Å². The van der Waals surface area contributed by atoms with Crippen molar-refractivity contribution < 1.29 is 5.11 Å². The van der Waals surface area contributed by atoms with Crippen molar-refractivity contribution in [2.45, 2.75) is 39.2 Å². The second-order valence-corrected chi connectivity index (χ2v) is 5.99. The lowest BCUT2D eigenvalue weighted by molar-refractivity contribution is 0.243. The van der Waals surface area contributed by atoms with Gasteiger partial charge in [-0.2, -0.15) is 0 Å². The Bertz CT molecular complexity index is 343. The number of thiophene rings is 1. The fourth-order valence-corrected chi connectivity index (χ4v) is 3.18. The molecule has 0 aromatic carbocycles. The highest BCUT2D eigenvalue weighted by Gasteiger charge is 2.41. The molecule has 0 amide bonds. The number of aryl methyl sites for hydroxylation is 1. The van der Waals surface area contributed by atoms with Crippen LogP contribution in [0.2, 0.25) is 0 Å². The molecule has 0 bridgehead atoms. The normalized spacial score (nSPS) is 19.7. The molecule has 0 aliphatic heterocycles. The molecule has 1 fully saturated rings. The van der Waals surface area contributed by atoms with Gasteiger partial charge in [0.25, 0.3) is 0 Å². The van der Waals surface area contributed by atoms with Gasteiger partial charge in [-0.25, -0.2) is 0 Å². The number of hydrogen-bond donors (Lipinski definition) is 2. The number of nitrogens with one attached hydrogen (secondary N) is 1. The average molecular weight is 239 g/mol. The van der Waals surface area contributed by atoms with Gasteiger partial charge >= 0.3 is 0 Å². The summed E-state index contributed by atoms with van der Waals surface area (Å²) in [5.74, 6) is 0. The maximum atomic E-state index is 9.01. The van der Waals surface area contributed by atoms with Gasteiger partial charge in [-0.3, -0.25) is 0 Å². The van der Waals surface area contributed by atoms with Crippen LogP contribution in [0.5, 0.6) is 0 Å². The third kappa shape index (κ3) is 2.65. The van der Waals surface area contributed by atoms with E-state index in [0.29, 0.717) is 18.1 Å². The zero-order valence-electron chi connectivity index (χ0n) is 10.1. The number of aliphatic hydroxyl groups is 1. The third-order valence-electron chi connectivity index (χ3n) is 3.68. The first-order valence-electron chi connectivity index (χ1n) is 6.05. The van der Waals surface area contributed by atoms with Gasteiger partial charge in [0.15, 0.2) is 0 Å². The smallest absolute Gasteiger partial charge is 0.0436 e. The Kier molecular flexibility index (Phi) is 3.67. The molecule has 3 heteroatoms. The van der Waals surface area contributed by atoms with E-state index in [1.165, 1.54) is 23.3 Å². The third-order valence-corrected chi connectivity index (χ3v) is 4.88.